The highest BCUT2D eigenvalue weighted by molar-refractivity contribution is 7.21. The van der Waals surface area contributed by atoms with Crippen LogP contribution < -0.4 is 10.1 Å². The van der Waals surface area contributed by atoms with Gasteiger partial charge in [0.25, 0.3) is 5.91 Å². The van der Waals surface area contributed by atoms with Crippen LogP contribution in [0.3, 0.4) is 0 Å². The first-order valence-electron chi connectivity index (χ1n) is 12.4. The SMILES string of the molecule is Cc1ccc2nc(-c3ccc(NC(=O)c4ccc(COc5ccc(C(C)(C)C)cc5)cc4)cc3)sc2c1. The molecule has 0 saturated heterocycles. The van der Waals surface area contributed by atoms with Gasteiger partial charge in [0.1, 0.15) is 17.4 Å². The maximum atomic E-state index is 12.8. The van der Waals surface area contributed by atoms with Crippen molar-refractivity contribution >= 4 is 33.1 Å². The monoisotopic (exact) mass is 506 g/mol. The minimum absolute atomic E-state index is 0.118. The van der Waals surface area contributed by atoms with Gasteiger partial charge in [-0.25, -0.2) is 4.98 Å². The van der Waals surface area contributed by atoms with Crippen LogP contribution in [0, 0.1) is 6.92 Å². The molecule has 1 aromatic heterocycles. The van der Waals surface area contributed by atoms with E-state index in [-0.39, 0.29) is 11.3 Å². The van der Waals surface area contributed by atoms with Crippen LogP contribution in [-0.2, 0) is 12.0 Å². The summed E-state index contributed by atoms with van der Waals surface area (Å²) in [6.45, 7) is 9.12. The standard InChI is InChI=1S/C32H30N2O2S/c1-21-5-18-28-29(19-21)37-31(34-28)24-10-14-26(15-11-24)33-30(35)23-8-6-22(7-9-23)20-36-27-16-12-25(13-17-27)32(2,3)4/h5-19H,20H2,1-4H3,(H,33,35). The number of benzene rings is 4. The Hall–Kier alpha value is -3.96. The van der Waals surface area contributed by atoms with E-state index in [0.717, 1.165) is 33.1 Å². The molecule has 37 heavy (non-hydrogen) atoms. The molecule has 1 amide bonds. The zero-order valence-electron chi connectivity index (χ0n) is 21.5. The number of nitrogens with one attached hydrogen (secondary N) is 1. The lowest BCUT2D eigenvalue weighted by Crippen LogP contribution is -2.12. The second-order valence-electron chi connectivity index (χ2n) is 10.3. The zero-order chi connectivity index (χ0) is 26.0. The summed E-state index contributed by atoms with van der Waals surface area (Å²) in [4.78, 5) is 17.5. The van der Waals surface area contributed by atoms with Gasteiger partial charge in [0.05, 0.1) is 10.2 Å². The Morgan fingerprint density at radius 1 is 0.892 bits per heavy atom. The first-order valence-corrected chi connectivity index (χ1v) is 13.2. The van der Waals surface area contributed by atoms with Gasteiger partial charge < -0.3 is 10.1 Å². The second kappa shape index (κ2) is 10.2. The quantitative estimate of drug-likeness (QED) is 0.251. The number of fused-ring (bicyclic) bond motifs is 1. The van der Waals surface area contributed by atoms with Gasteiger partial charge in [-0.15, -0.1) is 11.3 Å². The highest BCUT2D eigenvalue weighted by atomic mass is 32.1. The smallest absolute Gasteiger partial charge is 0.255 e. The summed E-state index contributed by atoms with van der Waals surface area (Å²) in [6.07, 6.45) is 0. The molecule has 0 spiro atoms. The summed E-state index contributed by atoms with van der Waals surface area (Å²) >= 11 is 1.68. The Bertz CT molecular complexity index is 1530. The van der Waals surface area contributed by atoms with Gasteiger partial charge in [-0.05, 0) is 89.7 Å². The van der Waals surface area contributed by atoms with Crippen molar-refractivity contribution in [3.05, 3.63) is 113 Å². The molecular weight excluding hydrogens is 476 g/mol. The van der Waals surface area contributed by atoms with Crippen LogP contribution in [0.4, 0.5) is 5.69 Å². The molecule has 4 aromatic carbocycles. The van der Waals surface area contributed by atoms with Gasteiger partial charge in [-0.1, -0.05) is 51.1 Å². The van der Waals surface area contributed by atoms with E-state index >= 15 is 0 Å². The lowest BCUT2D eigenvalue weighted by molar-refractivity contribution is 0.102. The fraction of sp³-hybridized carbons (Fsp3) is 0.188. The molecular formula is C32H30N2O2S. The van der Waals surface area contributed by atoms with Crippen LogP contribution >= 0.6 is 11.3 Å². The van der Waals surface area contributed by atoms with Crippen molar-refractivity contribution < 1.29 is 9.53 Å². The number of aromatic nitrogens is 1. The van der Waals surface area contributed by atoms with Crippen LogP contribution in [0.2, 0.25) is 0 Å². The predicted molar refractivity (Wildman–Crippen MR) is 154 cm³/mol. The molecule has 0 atom stereocenters. The Morgan fingerprint density at radius 2 is 1.59 bits per heavy atom. The van der Waals surface area contributed by atoms with Crippen LogP contribution in [-0.4, -0.2) is 10.9 Å². The van der Waals surface area contributed by atoms with Crippen molar-refractivity contribution in [2.45, 2.75) is 39.7 Å². The minimum atomic E-state index is -0.145. The third-order valence-corrected chi connectivity index (χ3v) is 7.34. The Balaban J connectivity index is 1.18. The topological polar surface area (TPSA) is 51.2 Å². The molecule has 0 bridgehead atoms. The largest absolute Gasteiger partial charge is 0.489 e. The molecule has 0 aliphatic carbocycles. The number of thiazole rings is 1. The second-order valence-corrected chi connectivity index (χ2v) is 11.3. The summed E-state index contributed by atoms with van der Waals surface area (Å²) in [5.74, 6) is 0.688. The van der Waals surface area contributed by atoms with Crippen LogP contribution in [0.5, 0.6) is 5.75 Å². The number of hydrogen-bond donors (Lipinski definition) is 1. The van der Waals surface area contributed by atoms with Crippen LogP contribution in [0.15, 0.2) is 91.0 Å². The summed E-state index contributed by atoms with van der Waals surface area (Å²) in [6, 6.07) is 29.8. The molecule has 1 heterocycles. The van der Waals surface area contributed by atoms with Crippen LogP contribution in [0.25, 0.3) is 20.8 Å². The number of ether oxygens (including phenoxy) is 1. The first kappa shape index (κ1) is 24.7. The average molecular weight is 507 g/mol. The Morgan fingerprint density at radius 3 is 2.27 bits per heavy atom. The minimum Gasteiger partial charge on any atom is -0.489 e. The van der Waals surface area contributed by atoms with E-state index in [2.05, 4.69) is 63.3 Å². The number of anilines is 1. The molecule has 0 fully saturated rings. The van der Waals surface area contributed by atoms with Crippen molar-refractivity contribution in [1.29, 1.82) is 0 Å². The van der Waals surface area contributed by atoms with E-state index < -0.39 is 0 Å². The molecule has 186 valence electrons. The van der Waals surface area contributed by atoms with E-state index in [0.29, 0.717) is 12.2 Å². The van der Waals surface area contributed by atoms with Gasteiger partial charge in [0, 0.05) is 16.8 Å². The summed E-state index contributed by atoms with van der Waals surface area (Å²) < 4.78 is 7.10. The molecule has 0 unspecified atom stereocenters. The molecule has 5 heteroatoms. The highest BCUT2D eigenvalue weighted by Gasteiger charge is 2.13. The van der Waals surface area contributed by atoms with Gasteiger partial charge in [-0.3, -0.25) is 4.79 Å². The van der Waals surface area contributed by atoms with Crippen molar-refractivity contribution in [2.24, 2.45) is 0 Å². The number of amides is 1. The van der Waals surface area contributed by atoms with Crippen LogP contribution in [0.1, 0.15) is 47.8 Å². The fourth-order valence-corrected chi connectivity index (χ4v) is 5.09. The normalized spacial score (nSPS) is 11.5. The van der Waals surface area contributed by atoms with Crippen molar-refractivity contribution in [1.82, 2.24) is 4.98 Å². The molecule has 0 aliphatic rings. The lowest BCUT2D eigenvalue weighted by atomic mass is 9.87. The number of aryl methyl sites for hydroxylation is 1. The maximum absolute atomic E-state index is 12.8. The average Bonchev–Trinajstić information content (AvgIpc) is 3.31. The third-order valence-electron chi connectivity index (χ3n) is 6.28. The van der Waals surface area contributed by atoms with E-state index in [1.54, 1.807) is 11.3 Å². The fourth-order valence-electron chi connectivity index (χ4n) is 4.02. The number of carbonyl (C=O) groups excluding carboxylic acids is 1. The van der Waals surface area contributed by atoms with E-state index in [4.69, 9.17) is 9.72 Å². The number of nitrogens with zero attached hydrogens (tertiary/aromatic N) is 1. The molecule has 0 aliphatic heterocycles. The molecule has 5 aromatic rings. The lowest BCUT2D eigenvalue weighted by Gasteiger charge is -2.19. The molecule has 5 rings (SSSR count). The van der Waals surface area contributed by atoms with Gasteiger partial charge >= 0.3 is 0 Å². The Kier molecular flexibility index (Phi) is 6.81. The van der Waals surface area contributed by atoms with Gasteiger partial charge in [0.15, 0.2) is 0 Å². The molecule has 0 saturated carbocycles. The summed E-state index contributed by atoms with van der Waals surface area (Å²) in [5, 5.41) is 3.95. The van der Waals surface area contributed by atoms with E-state index in [9.17, 15) is 4.79 Å². The van der Waals surface area contributed by atoms with E-state index in [1.165, 1.54) is 15.8 Å². The van der Waals surface area contributed by atoms with Gasteiger partial charge in [-0.2, -0.15) is 0 Å². The number of carbonyl (C=O) groups is 1. The predicted octanol–water partition coefficient (Wildman–Crippen LogP) is 8.40. The molecule has 4 nitrogen and oxygen atoms in total. The zero-order valence-corrected chi connectivity index (χ0v) is 22.4. The summed E-state index contributed by atoms with van der Waals surface area (Å²) in [5.41, 5.74) is 7.02. The van der Waals surface area contributed by atoms with Crippen molar-refractivity contribution in [3.63, 3.8) is 0 Å². The van der Waals surface area contributed by atoms with Crippen molar-refractivity contribution in [3.8, 4) is 16.3 Å². The van der Waals surface area contributed by atoms with E-state index in [1.807, 2.05) is 60.7 Å². The Labute approximate surface area is 222 Å². The highest BCUT2D eigenvalue weighted by Crippen LogP contribution is 2.31. The number of rotatable bonds is 6. The van der Waals surface area contributed by atoms with Crippen molar-refractivity contribution in [2.75, 3.05) is 5.32 Å². The number of hydrogen-bond acceptors (Lipinski definition) is 4. The maximum Gasteiger partial charge on any atom is 0.255 e. The summed E-state index contributed by atoms with van der Waals surface area (Å²) in [7, 11) is 0. The third kappa shape index (κ3) is 5.89. The van der Waals surface area contributed by atoms with Gasteiger partial charge in [0.2, 0.25) is 0 Å². The molecule has 0 radical (unpaired) electrons. The first-order chi connectivity index (χ1) is 17.7. The molecule has 1 N–H and O–H groups in total.